The van der Waals surface area contributed by atoms with Crippen molar-refractivity contribution in [2.75, 3.05) is 11.9 Å². The second kappa shape index (κ2) is 7.00. The van der Waals surface area contributed by atoms with Crippen LogP contribution in [0.2, 0.25) is 0 Å². The van der Waals surface area contributed by atoms with E-state index in [1.165, 1.54) is 38.5 Å². The molecule has 1 fully saturated rings. The van der Waals surface area contributed by atoms with Crippen molar-refractivity contribution in [3.8, 4) is 0 Å². The lowest BCUT2D eigenvalue weighted by Crippen LogP contribution is -2.31. The molecule has 0 N–H and O–H groups in total. The summed E-state index contributed by atoms with van der Waals surface area (Å²) in [5.41, 5.74) is 0.364. The average molecular weight is 291 g/mol. The number of hydrogen-bond acceptors (Lipinski definition) is 1. The van der Waals surface area contributed by atoms with E-state index in [0.717, 1.165) is 17.9 Å². The van der Waals surface area contributed by atoms with Crippen LogP contribution >= 0.6 is 15.9 Å². The molecule has 2 heteroatoms. The monoisotopic (exact) mass is 290 g/mol. The lowest BCUT2D eigenvalue weighted by atomic mass is 9.85. The molecule has 0 aromatic rings. The molecule has 96 valence electrons. The summed E-state index contributed by atoms with van der Waals surface area (Å²) in [5, 5.41) is 1.07. The standard InChI is InChI=1S/C14H27BrO/c1-4-14(5-2,10-15)11-16-13-8-6-12(3)7-9-13/h12-13H,4-11H2,1-3H3. The molecular formula is C14H27BrO. The molecule has 1 aliphatic carbocycles. The van der Waals surface area contributed by atoms with Gasteiger partial charge in [0, 0.05) is 10.7 Å². The first-order valence-electron chi connectivity index (χ1n) is 6.83. The third-order valence-corrected chi connectivity index (χ3v) is 5.56. The van der Waals surface area contributed by atoms with Crippen molar-refractivity contribution in [1.82, 2.24) is 0 Å². The van der Waals surface area contributed by atoms with E-state index >= 15 is 0 Å². The van der Waals surface area contributed by atoms with Crippen LogP contribution in [-0.2, 0) is 4.74 Å². The Balaban J connectivity index is 2.32. The Morgan fingerprint density at radius 2 is 1.69 bits per heavy atom. The van der Waals surface area contributed by atoms with Crippen molar-refractivity contribution >= 4 is 15.9 Å². The predicted octanol–water partition coefficient (Wildman–Crippen LogP) is 4.78. The summed E-state index contributed by atoms with van der Waals surface area (Å²) in [6, 6.07) is 0. The van der Waals surface area contributed by atoms with Crippen molar-refractivity contribution in [2.45, 2.75) is 65.4 Å². The van der Waals surface area contributed by atoms with E-state index in [4.69, 9.17) is 4.74 Å². The zero-order valence-electron chi connectivity index (χ0n) is 11.1. The average Bonchev–Trinajstić information content (AvgIpc) is 2.34. The van der Waals surface area contributed by atoms with Crippen molar-refractivity contribution < 1.29 is 4.74 Å². The molecule has 16 heavy (non-hydrogen) atoms. The van der Waals surface area contributed by atoms with Gasteiger partial charge in [-0.15, -0.1) is 0 Å². The highest BCUT2D eigenvalue weighted by Gasteiger charge is 2.27. The van der Waals surface area contributed by atoms with Gasteiger partial charge in [-0.05, 0) is 44.4 Å². The van der Waals surface area contributed by atoms with Gasteiger partial charge in [0.25, 0.3) is 0 Å². The van der Waals surface area contributed by atoms with Crippen molar-refractivity contribution in [3.05, 3.63) is 0 Å². The van der Waals surface area contributed by atoms with E-state index in [2.05, 4.69) is 36.7 Å². The van der Waals surface area contributed by atoms with Crippen LogP contribution in [-0.4, -0.2) is 18.0 Å². The molecule has 0 unspecified atom stereocenters. The second-order valence-corrected chi connectivity index (χ2v) is 6.09. The molecule has 1 nitrogen and oxygen atoms in total. The van der Waals surface area contributed by atoms with E-state index in [1.54, 1.807) is 0 Å². The van der Waals surface area contributed by atoms with Gasteiger partial charge in [0.15, 0.2) is 0 Å². The molecule has 0 bridgehead atoms. The number of rotatable bonds is 6. The third kappa shape index (κ3) is 4.03. The van der Waals surface area contributed by atoms with E-state index in [-0.39, 0.29) is 0 Å². The molecule has 0 spiro atoms. The van der Waals surface area contributed by atoms with Crippen molar-refractivity contribution in [3.63, 3.8) is 0 Å². The van der Waals surface area contributed by atoms with Crippen LogP contribution in [0, 0.1) is 11.3 Å². The molecule has 1 aliphatic rings. The van der Waals surface area contributed by atoms with Crippen LogP contribution in [0.5, 0.6) is 0 Å². The van der Waals surface area contributed by atoms with Gasteiger partial charge in [-0.3, -0.25) is 0 Å². The molecule has 0 aromatic carbocycles. The summed E-state index contributed by atoms with van der Waals surface area (Å²) in [4.78, 5) is 0. The molecule has 0 saturated heterocycles. The largest absolute Gasteiger partial charge is 0.378 e. The van der Waals surface area contributed by atoms with Crippen LogP contribution < -0.4 is 0 Å². The Labute approximate surface area is 109 Å². The maximum absolute atomic E-state index is 6.14. The first kappa shape index (κ1) is 14.5. The highest BCUT2D eigenvalue weighted by molar-refractivity contribution is 9.09. The van der Waals surface area contributed by atoms with Crippen molar-refractivity contribution in [1.29, 1.82) is 0 Å². The highest BCUT2D eigenvalue weighted by atomic mass is 79.9. The van der Waals surface area contributed by atoms with Gasteiger partial charge in [-0.25, -0.2) is 0 Å². The molecule has 1 saturated carbocycles. The predicted molar refractivity (Wildman–Crippen MR) is 74.2 cm³/mol. The first-order chi connectivity index (χ1) is 7.65. The molecule has 0 aromatic heterocycles. The molecule has 0 radical (unpaired) electrons. The molecule has 0 aliphatic heterocycles. The molecule has 0 amide bonds. The minimum atomic E-state index is 0.364. The van der Waals surface area contributed by atoms with Crippen molar-refractivity contribution in [2.24, 2.45) is 11.3 Å². The van der Waals surface area contributed by atoms with E-state index < -0.39 is 0 Å². The topological polar surface area (TPSA) is 9.23 Å². The number of ether oxygens (including phenoxy) is 1. The summed E-state index contributed by atoms with van der Waals surface area (Å²) < 4.78 is 6.14. The fraction of sp³-hybridized carbons (Fsp3) is 1.00. The van der Waals surface area contributed by atoms with Crippen LogP contribution in [0.1, 0.15) is 59.3 Å². The van der Waals surface area contributed by atoms with E-state index in [1.807, 2.05) is 0 Å². The molecular weight excluding hydrogens is 264 g/mol. The first-order valence-corrected chi connectivity index (χ1v) is 7.95. The third-order valence-electron chi connectivity index (χ3n) is 4.37. The maximum Gasteiger partial charge on any atom is 0.0575 e. The lowest BCUT2D eigenvalue weighted by Gasteiger charge is -2.33. The van der Waals surface area contributed by atoms with E-state index in [0.29, 0.717) is 11.5 Å². The van der Waals surface area contributed by atoms with Crippen LogP contribution in [0.3, 0.4) is 0 Å². The van der Waals surface area contributed by atoms with Gasteiger partial charge in [-0.2, -0.15) is 0 Å². The summed E-state index contributed by atoms with van der Waals surface area (Å²) in [5.74, 6) is 0.915. The second-order valence-electron chi connectivity index (χ2n) is 5.53. The summed E-state index contributed by atoms with van der Waals surface area (Å²) in [6.07, 6.45) is 8.19. The summed E-state index contributed by atoms with van der Waals surface area (Å²) in [6.45, 7) is 7.84. The Bertz CT molecular complexity index is 173. The summed E-state index contributed by atoms with van der Waals surface area (Å²) >= 11 is 3.65. The minimum absolute atomic E-state index is 0.364. The Hall–Kier alpha value is 0.440. The molecule has 0 atom stereocenters. The maximum atomic E-state index is 6.14. The fourth-order valence-corrected chi connectivity index (χ4v) is 3.33. The zero-order valence-corrected chi connectivity index (χ0v) is 12.7. The fourth-order valence-electron chi connectivity index (χ4n) is 2.37. The van der Waals surface area contributed by atoms with Gasteiger partial charge >= 0.3 is 0 Å². The van der Waals surface area contributed by atoms with Gasteiger partial charge in [0.05, 0.1) is 12.7 Å². The quantitative estimate of drug-likeness (QED) is 0.640. The Morgan fingerprint density at radius 3 is 2.12 bits per heavy atom. The highest BCUT2D eigenvalue weighted by Crippen LogP contribution is 2.32. The number of alkyl halides is 1. The number of halogens is 1. The Kier molecular flexibility index (Phi) is 6.35. The number of hydrogen-bond donors (Lipinski definition) is 0. The molecule has 1 rings (SSSR count). The van der Waals surface area contributed by atoms with Gasteiger partial charge in [0.1, 0.15) is 0 Å². The van der Waals surface area contributed by atoms with Crippen LogP contribution in [0.15, 0.2) is 0 Å². The summed E-state index contributed by atoms with van der Waals surface area (Å²) in [7, 11) is 0. The SMILES string of the molecule is CCC(CC)(CBr)COC1CCC(C)CC1. The van der Waals surface area contributed by atoms with Crippen LogP contribution in [0.4, 0.5) is 0 Å². The Morgan fingerprint density at radius 1 is 1.12 bits per heavy atom. The van der Waals surface area contributed by atoms with Gasteiger partial charge < -0.3 is 4.74 Å². The van der Waals surface area contributed by atoms with Crippen LogP contribution in [0.25, 0.3) is 0 Å². The lowest BCUT2D eigenvalue weighted by molar-refractivity contribution is -0.0261. The zero-order chi connectivity index (χ0) is 12.0. The minimum Gasteiger partial charge on any atom is -0.378 e. The van der Waals surface area contributed by atoms with Gasteiger partial charge in [0.2, 0.25) is 0 Å². The molecule has 0 heterocycles. The van der Waals surface area contributed by atoms with E-state index in [9.17, 15) is 0 Å². The smallest absolute Gasteiger partial charge is 0.0575 e. The van der Waals surface area contributed by atoms with Gasteiger partial charge in [-0.1, -0.05) is 36.7 Å². The normalized spacial score (nSPS) is 27.0.